The van der Waals surface area contributed by atoms with Crippen LogP contribution in [0.15, 0.2) is 24.3 Å². The molecule has 3 saturated heterocycles. The Kier molecular flexibility index (Phi) is 2.50. The predicted molar refractivity (Wildman–Crippen MR) is 86.2 cm³/mol. The van der Waals surface area contributed by atoms with Crippen molar-refractivity contribution in [2.45, 2.75) is 56.1 Å². The summed E-state index contributed by atoms with van der Waals surface area (Å²) in [5, 5.41) is 3.42. The van der Waals surface area contributed by atoms with E-state index in [4.69, 9.17) is 0 Å². The lowest BCUT2D eigenvalue weighted by molar-refractivity contribution is -0.00549. The van der Waals surface area contributed by atoms with Gasteiger partial charge in [0.2, 0.25) is 0 Å². The molecule has 4 heteroatoms. The predicted octanol–water partition coefficient (Wildman–Crippen LogP) is 2.70. The first kappa shape index (κ1) is 12.9. The van der Waals surface area contributed by atoms with Crippen LogP contribution in [0.3, 0.4) is 0 Å². The molecule has 1 N–H and O–H groups in total. The van der Waals surface area contributed by atoms with Crippen LogP contribution in [0.5, 0.6) is 0 Å². The summed E-state index contributed by atoms with van der Waals surface area (Å²) < 4.78 is 0. The third-order valence-corrected chi connectivity index (χ3v) is 6.59. The van der Waals surface area contributed by atoms with Gasteiger partial charge in [-0.15, -0.1) is 0 Å². The Bertz CT molecular complexity index is 645. The van der Waals surface area contributed by atoms with Gasteiger partial charge in [0, 0.05) is 11.6 Å². The van der Waals surface area contributed by atoms with Gasteiger partial charge in [0.05, 0.1) is 17.6 Å². The van der Waals surface area contributed by atoms with E-state index in [1.165, 1.54) is 31.5 Å². The zero-order valence-electron chi connectivity index (χ0n) is 13.1. The van der Waals surface area contributed by atoms with Crippen LogP contribution in [0, 0.1) is 0 Å². The third-order valence-electron chi connectivity index (χ3n) is 6.59. The summed E-state index contributed by atoms with van der Waals surface area (Å²) in [6, 6.07) is 9.47. The van der Waals surface area contributed by atoms with Crippen LogP contribution in [0.25, 0.3) is 0 Å². The summed E-state index contributed by atoms with van der Waals surface area (Å²) in [6.45, 7) is 4.60. The van der Waals surface area contributed by atoms with Crippen molar-refractivity contribution in [3.05, 3.63) is 29.8 Å². The molecule has 3 fully saturated rings. The molecule has 5 rings (SSSR count). The van der Waals surface area contributed by atoms with Crippen molar-refractivity contribution in [3.63, 3.8) is 0 Å². The lowest BCUT2D eigenvalue weighted by Gasteiger charge is -2.60. The van der Waals surface area contributed by atoms with Crippen molar-refractivity contribution in [3.8, 4) is 0 Å². The molecule has 4 heterocycles. The maximum absolute atomic E-state index is 12.9. The fourth-order valence-corrected chi connectivity index (χ4v) is 5.69. The van der Waals surface area contributed by atoms with Crippen molar-refractivity contribution < 1.29 is 4.79 Å². The topological polar surface area (TPSA) is 35.6 Å². The van der Waals surface area contributed by atoms with E-state index in [0.29, 0.717) is 18.0 Å². The van der Waals surface area contributed by atoms with Gasteiger partial charge in [-0.25, -0.2) is 4.79 Å². The molecule has 0 spiro atoms. The highest BCUT2D eigenvalue weighted by Crippen LogP contribution is 2.53. The first-order valence-electron chi connectivity index (χ1n) is 8.69. The number of anilines is 1. The fraction of sp³-hybridized carbons (Fsp3) is 0.611. The minimum atomic E-state index is -0.0167. The summed E-state index contributed by atoms with van der Waals surface area (Å²) >= 11 is 0. The molecule has 2 unspecified atom stereocenters. The number of piperidine rings is 2. The summed E-state index contributed by atoms with van der Waals surface area (Å²) in [6.07, 6.45) is 4.55. The minimum Gasteiger partial charge on any atom is -0.331 e. The molecule has 4 aliphatic heterocycles. The molecule has 4 nitrogen and oxygen atoms in total. The number of benzene rings is 1. The molecule has 1 aromatic carbocycles. The van der Waals surface area contributed by atoms with E-state index in [2.05, 4.69) is 46.3 Å². The molecule has 4 aliphatic rings. The number of carbonyl (C=O) groups is 1. The number of hydrogen-bond acceptors (Lipinski definition) is 2. The van der Waals surface area contributed by atoms with Crippen molar-refractivity contribution in [2.75, 3.05) is 18.0 Å². The van der Waals surface area contributed by atoms with Crippen LogP contribution in [-0.4, -0.2) is 41.6 Å². The summed E-state index contributed by atoms with van der Waals surface area (Å²) in [4.78, 5) is 17.7. The zero-order chi connectivity index (χ0) is 14.9. The molecule has 2 amide bonds. The van der Waals surface area contributed by atoms with Crippen LogP contribution in [0.1, 0.15) is 44.1 Å². The zero-order valence-corrected chi connectivity index (χ0v) is 13.1. The molecule has 0 radical (unpaired) electrons. The van der Waals surface area contributed by atoms with Gasteiger partial charge in [0.25, 0.3) is 0 Å². The minimum absolute atomic E-state index is 0.0167. The van der Waals surface area contributed by atoms with E-state index < -0.39 is 0 Å². The second-order valence-electron chi connectivity index (χ2n) is 7.34. The third kappa shape index (κ3) is 1.40. The van der Waals surface area contributed by atoms with Gasteiger partial charge in [-0.1, -0.05) is 25.1 Å². The first-order chi connectivity index (χ1) is 10.7. The van der Waals surface area contributed by atoms with E-state index in [1.54, 1.807) is 0 Å². The standard InChI is InChI=1S/C18H23N3O/c1-2-18-9-5-10-20-11-8-13-12-6-3-4-7-14(12)21(17(22)19-18)15(13)16(18)20/h3-4,6-7,13,15-16H,2,5,8-11H2,1H3,(H,19,22)/t13?,15?,16-,18-/m1/s1. The van der Waals surface area contributed by atoms with Crippen molar-refractivity contribution in [2.24, 2.45) is 0 Å². The Hall–Kier alpha value is -1.55. The Morgan fingerprint density at radius 2 is 2.18 bits per heavy atom. The van der Waals surface area contributed by atoms with Gasteiger partial charge in [0.1, 0.15) is 0 Å². The SMILES string of the molecule is CC[C@]12CCCN3CCC4c5ccccc5N(C(=O)N1)C4[C@@H]32. The molecule has 22 heavy (non-hydrogen) atoms. The highest BCUT2D eigenvalue weighted by Gasteiger charge is 2.61. The van der Waals surface area contributed by atoms with Crippen molar-refractivity contribution in [1.29, 1.82) is 0 Å². The van der Waals surface area contributed by atoms with E-state index in [0.717, 1.165) is 18.5 Å². The number of carbonyl (C=O) groups excluding carboxylic acids is 1. The number of nitrogens with one attached hydrogen (secondary N) is 1. The van der Waals surface area contributed by atoms with Gasteiger partial charge < -0.3 is 5.32 Å². The molecule has 0 saturated carbocycles. The molecule has 116 valence electrons. The second kappa shape index (κ2) is 4.25. The Morgan fingerprint density at radius 3 is 3.05 bits per heavy atom. The van der Waals surface area contributed by atoms with E-state index in [-0.39, 0.29) is 11.6 Å². The van der Waals surface area contributed by atoms with Crippen LogP contribution in [-0.2, 0) is 0 Å². The smallest absolute Gasteiger partial charge is 0.322 e. The van der Waals surface area contributed by atoms with Crippen LogP contribution in [0.2, 0.25) is 0 Å². The number of nitrogens with zero attached hydrogens (tertiary/aromatic N) is 2. The Labute approximate surface area is 131 Å². The molecular weight excluding hydrogens is 274 g/mol. The summed E-state index contributed by atoms with van der Waals surface area (Å²) in [5.41, 5.74) is 2.52. The quantitative estimate of drug-likeness (QED) is 0.865. The Balaban J connectivity index is 1.69. The maximum Gasteiger partial charge on any atom is 0.322 e. The van der Waals surface area contributed by atoms with Gasteiger partial charge in [-0.3, -0.25) is 9.80 Å². The lowest BCUT2D eigenvalue weighted by Crippen LogP contribution is -2.78. The number of hydrogen-bond donors (Lipinski definition) is 1. The summed E-state index contributed by atoms with van der Waals surface area (Å²) in [7, 11) is 0. The highest BCUT2D eigenvalue weighted by atomic mass is 16.2. The molecule has 0 aliphatic carbocycles. The van der Waals surface area contributed by atoms with Crippen LogP contribution >= 0.6 is 0 Å². The van der Waals surface area contributed by atoms with Gasteiger partial charge >= 0.3 is 6.03 Å². The average Bonchev–Trinajstić information content (AvgIpc) is 2.89. The largest absolute Gasteiger partial charge is 0.331 e. The van der Waals surface area contributed by atoms with Gasteiger partial charge in [-0.2, -0.15) is 0 Å². The number of fused-ring (bicyclic) bond motifs is 3. The normalized spacial score (nSPS) is 39.2. The molecule has 0 bridgehead atoms. The number of para-hydroxylation sites is 1. The van der Waals surface area contributed by atoms with Crippen molar-refractivity contribution in [1.82, 2.24) is 10.2 Å². The van der Waals surface area contributed by atoms with E-state index >= 15 is 0 Å². The fourth-order valence-electron chi connectivity index (χ4n) is 5.69. The first-order valence-corrected chi connectivity index (χ1v) is 8.69. The number of rotatable bonds is 1. The van der Waals surface area contributed by atoms with Crippen molar-refractivity contribution >= 4 is 11.7 Å². The molecule has 1 aromatic rings. The Morgan fingerprint density at radius 1 is 1.32 bits per heavy atom. The van der Waals surface area contributed by atoms with Crippen LogP contribution < -0.4 is 10.2 Å². The van der Waals surface area contributed by atoms with E-state index in [1.807, 2.05) is 0 Å². The molecule has 0 aromatic heterocycles. The maximum atomic E-state index is 12.9. The molecule has 4 atom stereocenters. The molecular formula is C18H23N3O. The van der Waals surface area contributed by atoms with Gasteiger partial charge in [-0.05, 0) is 50.4 Å². The monoisotopic (exact) mass is 297 g/mol. The van der Waals surface area contributed by atoms with Crippen LogP contribution in [0.4, 0.5) is 10.5 Å². The van der Waals surface area contributed by atoms with Gasteiger partial charge in [0.15, 0.2) is 0 Å². The summed E-state index contributed by atoms with van der Waals surface area (Å²) in [5.74, 6) is 0.521. The number of amides is 2. The lowest BCUT2D eigenvalue weighted by atomic mass is 9.68. The van der Waals surface area contributed by atoms with E-state index in [9.17, 15) is 4.79 Å². The second-order valence-corrected chi connectivity index (χ2v) is 7.34. The average molecular weight is 297 g/mol. The number of urea groups is 1. The highest BCUT2D eigenvalue weighted by molar-refractivity contribution is 5.97.